The average molecular weight is 339 g/mol. The van der Waals surface area contributed by atoms with Gasteiger partial charge in [0.15, 0.2) is 3.92 Å². The van der Waals surface area contributed by atoms with Gasteiger partial charge < -0.3 is 0 Å². The lowest BCUT2D eigenvalue weighted by Crippen LogP contribution is -2.12. The van der Waals surface area contributed by atoms with E-state index in [-0.39, 0.29) is 5.41 Å². The van der Waals surface area contributed by atoms with Crippen molar-refractivity contribution in [3.8, 4) is 0 Å². The zero-order valence-electron chi connectivity index (χ0n) is 12.0. The Hall–Kier alpha value is -0.740. The third-order valence-corrected chi connectivity index (χ3v) is 4.50. The minimum Gasteiger partial charge on any atom is -0.212 e. The topological polar surface area (TPSA) is 25.8 Å². The summed E-state index contributed by atoms with van der Waals surface area (Å²) < 4.78 is 5.20. The molecule has 0 spiro atoms. The van der Waals surface area contributed by atoms with E-state index in [9.17, 15) is 0 Å². The molecule has 0 bridgehead atoms. The largest absolute Gasteiger partial charge is 0.212 e. The first kappa shape index (κ1) is 14.7. The van der Waals surface area contributed by atoms with E-state index in [2.05, 4.69) is 72.0 Å². The summed E-state index contributed by atoms with van der Waals surface area (Å²) in [5.74, 6) is 0.895. The normalized spacial score (nSPS) is 11.9. The van der Waals surface area contributed by atoms with Crippen molar-refractivity contribution in [1.82, 2.24) is 9.36 Å². The molecule has 0 radical (unpaired) electrons. The van der Waals surface area contributed by atoms with Gasteiger partial charge in [0, 0.05) is 6.42 Å². The van der Waals surface area contributed by atoms with E-state index in [1.54, 1.807) is 0 Å². The summed E-state index contributed by atoms with van der Waals surface area (Å²) in [7, 11) is 0. The van der Waals surface area contributed by atoms with Crippen molar-refractivity contribution in [2.75, 3.05) is 0 Å². The predicted octanol–water partition coefficient (Wildman–Crippen LogP) is 4.81. The van der Waals surface area contributed by atoms with Crippen molar-refractivity contribution in [2.24, 2.45) is 0 Å². The number of nitrogens with zero attached hydrogens (tertiary/aromatic N) is 2. The number of aryl methyl sites for hydroxylation is 2. The molecule has 4 heteroatoms. The smallest absolute Gasteiger partial charge is 0.179 e. The van der Waals surface area contributed by atoms with Crippen LogP contribution in [0.3, 0.4) is 0 Å². The summed E-state index contributed by atoms with van der Waals surface area (Å²) in [6, 6.07) is 4.59. The quantitative estimate of drug-likeness (QED) is 0.785. The molecule has 19 heavy (non-hydrogen) atoms. The highest BCUT2D eigenvalue weighted by Crippen LogP contribution is 2.28. The van der Waals surface area contributed by atoms with Gasteiger partial charge in [-0.25, -0.2) is 4.98 Å². The molecule has 1 heterocycles. The molecule has 0 fully saturated rings. The van der Waals surface area contributed by atoms with Crippen molar-refractivity contribution in [3.05, 3.63) is 44.1 Å². The van der Waals surface area contributed by atoms with Crippen LogP contribution in [0.2, 0.25) is 0 Å². The summed E-state index contributed by atoms with van der Waals surface area (Å²) >= 11 is 4.76. The van der Waals surface area contributed by atoms with E-state index in [4.69, 9.17) is 0 Å². The Morgan fingerprint density at radius 1 is 1.16 bits per heavy atom. The van der Waals surface area contributed by atoms with Gasteiger partial charge in [0.2, 0.25) is 0 Å². The fraction of sp³-hybridized carbons (Fsp3) is 0.467. The Balaban J connectivity index is 2.37. The molecule has 0 unspecified atom stereocenters. The molecule has 0 aliphatic carbocycles. The number of rotatable bonds is 2. The summed E-state index contributed by atoms with van der Waals surface area (Å²) in [6.07, 6.45) is 0.810. The molecule has 1 aromatic carbocycles. The Kier molecular flexibility index (Phi) is 4.11. The van der Waals surface area contributed by atoms with Gasteiger partial charge in [-0.3, -0.25) is 0 Å². The van der Waals surface area contributed by atoms with Crippen LogP contribution in [-0.2, 0) is 11.8 Å². The van der Waals surface area contributed by atoms with Gasteiger partial charge in [0.1, 0.15) is 5.82 Å². The molecule has 0 aliphatic rings. The fourth-order valence-electron chi connectivity index (χ4n) is 2.17. The highest BCUT2D eigenvalue weighted by molar-refractivity contribution is 9.11. The lowest BCUT2D eigenvalue weighted by molar-refractivity contribution is 0.588. The number of hydrogen-bond donors (Lipinski definition) is 0. The summed E-state index contributed by atoms with van der Waals surface area (Å²) in [5.41, 5.74) is 5.58. The first-order valence-electron chi connectivity index (χ1n) is 6.36. The van der Waals surface area contributed by atoms with Gasteiger partial charge in [-0.05, 0) is 69.0 Å². The third-order valence-electron chi connectivity index (χ3n) is 3.34. The van der Waals surface area contributed by atoms with Gasteiger partial charge in [0.25, 0.3) is 0 Å². The Labute approximate surface area is 127 Å². The molecule has 0 saturated heterocycles. The summed E-state index contributed by atoms with van der Waals surface area (Å²) in [4.78, 5) is 4.38. The maximum absolute atomic E-state index is 4.38. The first-order valence-corrected chi connectivity index (χ1v) is 7.92. The maximum atomic E-state index is 4.38. The second-order valence-corrected chi connectivity index (χ2v) is 8.01. The van der Waals surface area contributed by atoms with Crippen LogP contribution in [0.15, 0.2) is 16.0 Å². The van der Waals surface area contributed by atoms with Crippen LogP contribution in [-0.4, -0.2) is 9.36 Å². The van der Waals surface area contributed by atoms with Crippen LogP contribution in [0, 0.1) is 13.8 Å². The third kappa shape index (κ3) is 3.42. The highest BCUT2D eigenvalue weighted by Gasteiger charge is 2.17. The number of aromatic nitrogens is 2. The fourth-order valence-corrected chi connectivity index (χ4v) is 3.02. The van der Waals surface area contributed by atoms with Crippen molar-refractivity contribution in [2.45, 2.75) is 46.5 Å². The van der Waals surface area contributed by atoms with E-state index < -0.39 is 0 Å². The molecule has 0 amide bonds. The van der Waals surface area contributed by atoms with Crippen LogP contribution in [0.5, 0.6) is 0 Å². The molecule has 0 N–H and O–H groups in total. The highest BCUT2D eigenvalue weighted by atomic mass is 79.9. The summed E-state index contributed by atoms with van der Waals surface area (Å²) in [6.45, 7) is 11.1. The molecule has 102 valence electrons. The van der Waals surface area contributed by atoms with E-state index in [0.29, 0.717) is 0 Å². The summed E-state index contributed by atoms with van der Waals surface area (Å²) in [5, 5.41) is 0. The van der Waals surface area contributed by atoms with Crippen molar-refractivity contribution < 1.29 is 0 Å². The van der Waals surface area contributed by atoms with Gasteiger partial charge in [-0.2, -0.15) is 4.37 Å². The second-order valence-electron chi connectivity index (χ2n) is 5.98. The van der Waals surface area contributed by atoms with Crippen LogP contribution in [0.25, 0.3) is 0 Å². The zero-order valence-corrected chi connectivity index (χ0v) is 14.4. The predicted molar refractivity (Wildman–Crippen MR) is 85.0 cm³/mol. The molecule has 2 nitrogen and oxygen atoms in total. The van der Waals surface area contributed by atoms with Gasteiger partial charge >= 0.3 is 0 Å². The second kappa shape index (κ2) is 5.33. The zero-order chi connectivity index (χ0) is 14.2. The molecule has 0 aliphatic heterocycles. The van der Waals surface area contributed by atoms with Gasteiger partial charge in [-0.1, -0.05) is 32.9 Å². The molecular weight excluding hydrogens is 320 g/mol. The average Bonchev–Trinajstić information content (AvgIpc) is 2.68. The van der Waals surface area contributed by atoms with Gasteiger partial charge in [-0.15, -0.1) is 0 Å². The van der Waals surface area contributed by atoms with Crippen molar-refractivity contribution in [3.63, 3.8) is 0 Å². The van der Waals surface area contributed by atoms with Crippen molar-refractivity contribution in [1.29, 1.82) is 0 Å². The number of hydrogen-bond acceptors (Lipinski definition) is 3. The monoisotopic (exact) mass is 338 g/mol. The molecule has 0 atom stereocenters. The van der Waals surface area contributed by atoms with E-state index in [1.165, 1.54) is 33.8 Å². The standard InChI is InChI=1S/C15H19BrN2S/c1-9-6-11(15(3,4)5)7-10(2)12(9)8-13-17-14(16)19-18-13/h6-7H,8H2,1-5H3. The molecule has 2 aromatic rings. The number of benzene rings is 1. The maximum Gasteiger partial charge on any atom is 0.179 e. The van der Waals surface area contributed by atoms with Crippen molar-refractivity contribution >= 4 is 27.5 Å². The molecule has 1 aromatic heterocycles. The molecular formula is C15H19BrN2S. The van der Waals surface area contributed by atoms with E-state index in [1.807, 2.05) is 0 Å². The molecule has 2 rings (SSSR count). The van der Waals surface area contributed by atoms with Crippen LogP contribution >= 0.6 is 27.5 Å². The Morgan fingerprint density at radius 3 is 2.16 bits per heavy atom. The van der Waals surface area contributed by atoms with Crippen LogP contribution < -0.4 is 0 Å². The molecule has 0 saturated carbocycles. The SMILES string of the molecule is Cc1cc(C(C)(C)C)cc(C)c1Cc1nsc(Br)n1. The lowest BCUT2D eigenvalue weighted by atomic mass is 9.83. The Bertz CT molecular complexity index is 573. The van der Waals surface area contributed by atoms with E-state index >= 15 is 0 Å². The number of halogens is 1. The van der Waals surface area contributed by atoms with E-state index in [0.717, 1.165) is 16.2 Å². The minimum absolute atomic E-state index is 0.190. The minimum atomic E-state index is 0.190. The Morgan fingerprint density at radius 2 is 1.74 bits per heavy atom. The lowest BCUT2D eigenvalue weighted by Gasteiger charge is -2.22. The van der Waals surface area contributed by atoms with Crippen LogP contribution in [0.4, 0.5) is 0 Å². The van der Waals surface area contributed by atoms with Gasteiger partial charge in [0.05, 0.1) is 0 Å². The van der Waals surface area contributed by atoms with Crippen LogP contribution in [0.1, 0.15) is 48.8 Å². The first-order chi connectivity index (χ1) is 8.77.